The Bertz CT molecular complexity index is 635. The Hall–Kier alpha value is -2.48. The maximum absolute atomic E-state index is 12.5. The van der Waals surface area contributed by atoms with Gasteiger partial charge >= 0.3 is 0 Å². The monoisotopic (exact) mass is 328 g/mol. The van der Waals surface area contributed by atoms with Gasteiger partial charge in [-0.1, -0.05) is 25.0 Å². The number of amides is 2. The molecular weight excluding hydrogens is 304 g/mol. The summed E-state index contributed by atoms with van der Waals surface area (Å²) in [7, 11) is 0. The molecule has 1 saturated heterocycles. The molecule has 2 rings (SSSR count). The number of hydrogen-bond acceptors (Lipinski definition) is 3. The Morgan fingerprint density at radius 2 is 1.71 bits per heavy atom. The van der Waals surface area contributed by atoms with Crippen molar-refractivity contribution in [1.82, 2.24) is 9.80 Å². The summed E-state index contributed by atoms with van der Waals surface area (Å²) in [4.78, 5) is 27.6. The first-order valence-electron chi connectivity index (χ1n) is 8.31. The molecule has 1 fully saturated rings. The van der Waals surface area contributed by atoms with E-state index >= 15 is 0 Å². The zero-order chi connectivity index (χ0) is 17.5. The lowest BCUT2D eigenvalue weighted by Gasteiger charge is -2.35. The average Bonchev–Trinajstić information content (AvgIpc) is 2.62. The molecule has 2 amide bonds. The third-order valence-corrected chi connectivity index (χ3v) is 4.10. The molecule has 0 aliphatic carbocycles. The third kappa shape index (κ3) is 4.51. The second-order valence-electron chi connectivity index (χ2n) is 5.75. The van der Waals surface area contributed by atoms with E-state index in [9.17, 15) is 9.59 Å². The Labute approximate surface area is 143 Å². The van der Waals surface area contributed by atoms with Gasteiger partial charge in [0.25, 0.3) is 11.8 Å². The average molecular weight is 328 g/mol. The Morgan fingerprint density at radius 1 is 1.12 bits per heavy atom. The van der Waals surface area contributed by atoms with E-state index in [1.54, 1.807) is 23.6 Å². The fourth-order valence-corrected chi connectivity index (χ4v) is 2.63. The lowest BCUT2D eigenvalue weighted by Crippen LogP contribution is -2.53. The molecule has 1 aromatic carbocycles. The van der Waals surface area contributed by atoms with Gasteiger partial charge in [0.15, 0.2) is 6.10 Å². The SMILES string of the molecule is CC#CC(=O)N1CCN(C(=O)C(C)Oc2ccc(CC)cc2)CC1. The molecule has 128 valence electrons. The molecule has 5 heteroatoms. The first kappa shape index (κ1) is 17.9. The van der Waals surface area contributed by atoms with Gasteiger partial charge in [-0.05, 0) is 43.9 Å². The van der Waals surface area contributed by atoms with Crippen molar-refractivity contribution >= 4 is 11.8 Å². The maximum Gasteiger partial charge on any atom is 0.298 e. The van der Waals surface area contributed by atoms with E-state index in [0.29, 0.717) is 31.9 Å². The number of rotatable bonds is 4. The highest BCUT2D eigenvalue weighted by atomic mass is 16.5. The summed E-state index contributed by atoms with van der Waals surface area (Å²) in [5.41, 5.74) is 1.23. The number of carbonyl (C=O) groups is 2. The van der Waals surface area contributed by atoms with Crippen LogP contribution in [-0.2, 0) is 16.0 Å². The minimum Gasteiger partial charge on any atom is -0.481 e. The number of hydrogen-bond donors (Lipinski definition) is 0. The molecule has 1 heterocycles. The Kier molecular flexibility index (Phi) is 6.25. The van der Waals surface area contributed by atoms with Crippen molar-refractivity contribution in [3.05, 3.63) is 29.8 Å². The Balaban J connectivity index is 1.87. The van der Waals surface area contributed by atoms with E-state index in [4.69, 9.17) is 4.74 Å². The third-order valence-electron chi connectivity index (χ3n) is 4.10. The van der Waals surface area contributed by atoms with Crippen LogP contribution in [0, 0.1) is 11.8 Å². The second-order valence-corrected chi connectivity index (χ2v) is 5.75. The van der Waals surface area contributed by atoms with E-state index in [1.807, 2.05) is 24.3 Å². The van der Waals surface area contributed by atoms with Crippen molar-refractivity contribution in [1.29, 1.82) is 0 Å². The highest BCUT2D eigenvalue weighted by Crippen LogP contribution is 2.15. The summed E-state index contributed by atoms with van der Waals surface area (Å²) in [6.45, 7) is 7.55. The zero-order valence-corrected chi connectivity index (χ0v) is 14.5. The lowest BCUT2D eigenvalue weighted by molar-refractivity contribution is -0.142. The highest BCUT2D eigenvalue weighted by Gasteiger charge is 2.27. The molecule has 0 spiro atoms. The van der Waals surface area contributed by atoms with E-state index < -0.39 is 6.10 Å². The van der Waals surface area contributed by atoms with Crippen LogP contribution in [-0.4, -0.2) is 53.9 Å². The van der Waals surface area contributed by atoms with Gasteiger partial charge < -0.3 is 14.5 Å². The molecule has 5 nitrogen and oxygen atoms in total. The van der Waals surface area contributed by atoms with Crippen LogP contribution in [0.15, 0.2) is 24.3 Å². The van der Waals surface area contributed by atoms with Gasteiger partial charge in [0, 0.05) is 26.2 Å². The van der Waals surface area contributed by atoms with Gasteiger partial charge in [0.1, 0.15) is 5.75 Å². The number of piperazine rings is 1. The van der Waals surface area contributed by atoms with Crippen molar-refractivity contribution in [3.8, 4) is 17.6 Å². The standard InChI is InChI=1S/C19H24N2O3/c1-4-6-18(22)20-11-13-21(14-12-20)19(23)15(3)24-17-9-7-16(5-2)8-10-17/h7-10,15H,5,11-14H2,1-3H3. The van der Waals surface area contributed by atoms with Crippen LogP contribution in [0.3, 0.4) is 0 Å². The van der Waals surface area contributed by atoms with Gasteiger partial charge in [-0.25, -0.2) is 0 Å². The van der Waals surface area contributed by atoms with Crippen LogP contribution in [0.4, 0.5) is 0 Å². The normalized spacial score (nSPS) is 15.3. The number of ether oxygens (including phenoxy) is 1. The van der Waals surface area contributed by atoms with Crippen LogP contribution >= 0.6 is 0 Å². The molecule has 24 heavy (non-hydrogen) atoms. The van der Waals surface area contributed by atoms with Gasteiger partial charge in [-0.15, -0.1) is 0 Å². The maximum atomic E-state index is 12.5. The predicted molar refractivity (Wildman–Crippen MR) is 92.5 cm³/mol. The summed E-state index contributed by atoms with van der Waals surface area (Å²) >= 11 is 0. The van der Waals surface area contributed by atoms with Gasteiger partial charge in [0.05, 0.1) is 0 Å². The molecular formula is C19H24N2O3. The van der Waals surface area contributed by atoms with Crippen molar-refractivity contribution < 1.29 is 14.3 Å². The van der Waals surface area contributed by atoms with Crippen LogP contribution in [0.5, 0.6) is 5.75 Å². The smallest absolute Gasteiger partial charge is 0.298 e. The predicted octanol–water partition coefficient (Wildman–Crippen LogP) is 1.71. The molecule has 0 bridgehead atoms. The fourth-order valence-electron chi connectivity index (χ4n) is 2.63. The van der Waals surface area contributed by atoms with Gasteiger partial charge in [0.2, 0.25) is 0 Å². The molecule has 1 aliphatic rings. The van der Waals surface area contributed by atoms with E-state index in [-0.39, 0.29) is 11.8 Å². The van der Waals surface area contributed by atoms with Crippen LogP contribution in [0.2, 0.25) is 0 Å². The van der Waals surface area contributed by atoms with Gasteiger partial charge in [-0.3, -0.25) is 9.59 Å². The first-order valence-corrected chi connectivity index (χ1v) is 8.31. The van der Waals surface area contributed by atoms with Gasteiger partial charge in [-0.2, -0.15) is 0 Å². The molecule has 1 unspecified atom stereocenters. The van der Waals surface area contributed by atoms with E-state index in [0.717, 1.165) is 6.42 Å². The number of benzene rings is 1. The zero-order valence-electron chi connectivity index (χ0n) is 14.5. The van der Waals surface area contributed by atoms with Crippen molar-refractivity contribution in [2.75, 3.05) is 26.2 Å². The minimum atomic E-state index is -0.546. The van der Waals surface area contributed by atoms with Crippen LogP contribution < -0.4 is 4.74 Å². The highest BCUT2D eigenvalue weighted by molar-refractivity contribution is 5.93. The van der Waals surface area contributed by atoms with Crippen LogP contribution in [0.1, 0.15) is 26.3 Å². The number of aryl methyl sites for hydroxylation is 1. The summed E-state index contributed by atoms with van der Waals surface area (Å²) < 4.78 is 5.75. The summed E-state index contributed by atoms with van der Waals surface area (Å²) in [6, 6.07) is 7.79. The summed E-state index contributed by atoms with van der Waals surface area (Å²) in [6.07, 6.45) is 0.426. The molecule has 0 aromatic heterocycles. The minimum absolute atomic E-state index is 0.0526. The van der Waals surface area contributed by atoms with Crippen LogP contribution in [0.25, 0.3) is 0 Å². The fraction of sp³-hybridized carbons (Fsp3) is 0.474. The number of nitrogens with zero attached hydrogens (tertiary/aromatic N) is 2. The first-order chi connectivity index (χ1) is 11.5. The molecule has 1 aliphatic heterocycles. The van der Waals surface area contributed by atoms with Crippen molar-refractivity contribution in [2.45, 2.75) is 33.3 Å². The molecule has 1 atom stereocenters. The number of carbonyl (C=O) groups excluding carboxylic acids is 2. The van der Waals surface area contributed by atoms with E-state index in [2.05, 4.69) is 18.8 Å². The summed E-state index contributed by atoms with van der Waals surface area (Å²) in [5, 5.41) is 0. The lowest BCUT2D eigenvalue weighted by atomic mass is 10.2. The molecule has 0 saturated carbocycles. The molecule has 0 radical (unpaired) electrons. The van der Waals surface area contributed by atoms with Crippen molar-refractivity contribution in [2.24, 2.45) is 0 Å². The molecule has 0 N–H and O–H groups in total. The Morgan fingerprint density at radius 3 is 2.25 bits per heavy atom. The van der Waals surface area contributed by atoms with E-state index in [1.165, 1.54) is 5.56 Å². The quantitative estimate of drug-likeness (QED) is 0.791. The molecule has 1 aromatic rings. The summed E-state index contributed by atoms with van der Waals surface area (Å²) in [5.74, 6) is 5.61. The largest absolute Gasteiger partial charge is 0.481 e. The van der Waals surface area contributed by atoms with Crippen molar-refractivity contribution in [3.63, 3.8) is 0 Å². The second kappa shape index (κ2) is 8.39. The topological polar surface area (TPSA) is 49.9 Å².